The van der Waals surface area contributed by atoms with Gasteiger partial charge in [-0.05, 0) is 63.5 Å². The molecule has 3 atom stereocenters. The molecular formula is C17H34N2O. The molecule has 0 bridgehead atoms. The second-order valence-electron chi connectivity index (χ2n) is 7.03. The Kier molecular flexibility index (Phi) is 6.31. The number of hydrogen-bond acceptors (Lipinski definition) is 3. The number of rotatable bonds is 9. The first-order valence-corrected chi connectivity index (χ1v) is 8.81. The van der Waals surface area contributed by atoms with Gasteiger partial charge in [-0.1, -0.05) is 20.3 Å². The van der Waals surface area contributed by atoms with E-state index in [4.69, 9.17) is 0 Å². The quantitative estimate of drug-likeness (QED) is 0.682. The molecule has 3 nitrogen and oxygen atoms in total. The normalized spacial score (nSPS) is 29.6. The van der Waals surface area contributed by atoms with E-state index in [1.54, 1.807) is 0 Å². The third kappa shape index (κ3) is 3.96. The SMILES string of the molecule is CCCNC(CC)(CO)CCCN1CC2CCCC2C1. The molecule has 0 aromatic heterocycles. The zero-order valence-electron chi connectivity index (χ0n) is 13.5. The van der Waals surface area contributed by atoms with Gasteiger partial charge in [0, 0.05) is 18.6 Å². The van der Waals surface area contributed by atoms with Crippen molar-refractivity contribution in [2.24, 2.45) is 11.8 Å². The van der Waals surface area contributed by atoms with E-state index in [2.05, 4.69) is 24.1 Å². The van der Waals surface area contributed by atoms with E-state index in [1.165, 1.54) is 45.3 Å². The van der Waals surface area contributed by atoms with Crippen LogP contribution in [0.2, 0.25) is 0 Å². The Morgan fingerprint density at radius 3 is 2.45 bits per heavy atom. The summed E-state index contributed by atoms with van der Waals surface area (Å²) >= 11 is 0. The van der Waals surface area contributed by atoms with Gasteiger partial charge in [0.1, 0.15) is 0 Å². The molecule has 2 fully saturated rings. The fourth-order valence-electron chi connectivity index (χ4n) is 4.18. The van der Waals surface area contributed by atoms with Crippen molar-refractivity contribution in [3.63, 3.8) is 0 Å². The summed E-state index contributed by atoms with van der Waals surface area (Å²) in [6, 6.07) is 0. The van der Waals surface area contributed by atoms with Crippen molar-refractivity contribution in [1.82, 2.24) is 10.2 Å². The summed E-state index contributed by atoms with van der Waals surface area (Å²) in [4.78, 5) is 2.67. The molecule has 3 heteroatoms. The van der Waals surface area contributed by atoms with Crippen molar-refractivity contribution in [3.8, 4) is 0 Å². The van der Waals surface area contributed by atoms with Crippen LogP contribution in [0.1, 0.15) is 58.8 Å². The van der Waals surface area contributed by atoms with Gasteiger partial charge >= 0.3 is 0 Å². The van der Waals surface area contributed by atoms with Gasteiger partial charge in [0.2, 0.25) is 0 Å². The van der Waals surface area contributed by atoms with Crippen LogP contribution in [0.4, 0.5) is 0 Å². The molecule has 1 saturated heterocycles. The van der Waals surface area contributed by atoms with Crippen LogP contribution in [0.15, 0.2) is 0 Å². The van der Waals surface area contributed by atoms with Gasteiger partial charge in [-0.2, -0.15) is 0 Å². The molecule has 118 valence electrons. The molecule has 0 aromatic rings. The van der Waals surface area contributed by atoms with Crippen molar-refractivity contribution in [2.45, 2.75) is 64.3 Å². The van der Waals surface area contributed by atoms with Gasteiger partial charge in [0.15, 0.2) is 0 Å². The second-order valence-corrected chi connectivity index (χ2v) is 7.03. The van der Waals surface area contributed by atoms with Crippen LogP contribution in [0.3, 0.4) is 0 Å². The number of likely N-dealkylation sites (tertiary alicyclic amines) is 1. The summed E-state index contributed by atoms with van der Waals surface area (Å²) in [5.41, 5.74) is -0.0361. The lowest BCUT2D eigenvalue weighted by Gasteiger charge is -2.33. The molecule has 20 heavy (non-hydrogen) atoms. The van der Waals surface area contributed by atoms with Gasteiger partial charge in [-0.3, -0.25) is 0 Å². The maximum Gasteiger partial charge on any atom is 0.0613 e. The van der Waals surface area contributed by atoms with E-state index in [1.807, 2.05) is 0 Å². The smallest absolute Gasteiger partial charge is 0.0613 e. The lowest BCUT2D eigenvalue weighted by Crippen LogP contribution is -2.48. The first-order valence-electron chi connectivity index (χ1n) is 8.81. The van der Waals surface area contributed by atoms with E-state index in [-0.39, 0.29) is 12.1 Å². The third-order valence-corrected chi connectivity index (χ3v) is 5.66. The van der Waals surface area contributed by atoms with Crippen molar-refractivity contribution in [2.75, 3.05) is 32.8 Å². The Labute approximate surface area is 125 Å². The molecular weight excluding hydrogens is 248 g/mol. The largest absolute Gasteiger partial charge is 0.394 e. The highest BCUT2D eigenvalue weighted by atomic mass is 16.3. The minimum Gasteiger partial charge on any atom is -0.394 e. The van der Waals surface area contributed by atoms with Gasteiger partial charge in [0.05, 0.1) is 6.61 Å². The number of fused-ring (bicyclic) bond motifs is 1. The fourth-order valence-corrected chi connectivity index (χ4v) is 4.18. The topological polar surface area (TPSA) is 35.5 Å². The Morgan fingerprint density at radius 1 is 1.20 bits per heavy atom. The molecule has 2 N–H and O–H groups in total. The van der Waals surface area contributed by atoms with Crippen molar-refractivity contribution in [3.05, 3.63) is 0 Å². The van der Waals surface area contributed by atoms with Crippen molar-refractivity contribution < 1.29 is 5.11 Å². The van der Waals surface area contributed by atoms with Crippen LogP contribution in [-0.2, 0) is 0 Å². The highest BCUT2D eigenvalue weighted by Gasteiger charge is 2.36. The maximum atomic E-state index is 9.75. The third-order valence-electron chi connectivity index (χ3n) is 5.66. The molecule has 0 radical (unpaired) electrons. The lowest BCUT2D eigenvalue weighted by molar-refractivity contribution is 0.139. The van der Waals surface area contributed by atoms with E-state index in [0.29, 0.717) is 0 Å². The number of aliphatic hydroxyl groups is 1. The van der Waals surface area contributed by atoms with E-state index in [0.717, 1.165) is 37.6 Å². The highest BCUT2D eigenvalue weighted by molar-refractivity contribution is 4.90. The van der Waals surface area contributed by atoms with Crippen LogP contribution < -0.4 is 5.32 Å². The zero-order chi connectivity index (χ0) is 14.4. The number of nitrogens with one attached hydrogen (secondary N) is 1. The fraction of sp³-hybridized carbons (Fsp3) is 1.00. The van der Waals surface area contributed by atoms with Gasteiger partial charge in [-0.15, -0.1) is 0 Å². The molecule has 1 saturated carbocycles. The average Bonchev–Trinajstić information content (AvgIpc) is 3.04. The highest BCUT2D eigenvalue weighted by Crippen LogP contribution is 2.37. The molecule has 3 unspecified atom stereocenters. The predicted octanol–water partition coefficient (Wildman–Crippen LogP) is 2.64. The zero-order valence-corrected chi connectivity index (χ0v) is 13.5. The summed E-state index contributed by atoms with van der Waals surface area (Å²) in [6.45, 7) is 9.57. The van der Waals surface area contributed by atoms with E-state index >= 15 is 0 Å². The molecule has 0 aromatic carbocycles. The van der Waals surface area contributed by atoms with Gasteiger partial charge in [0.25, 0.3) is 0 Å². The van der Waals surface area contributed by atoms with Crippen LogP contribution in [-0.4, -0.2) is 48.3 Å². The van der Waals surface area contributed by atoms with Crippen molar-refractivity contribution >= 4 is 0 Å². The van der Waals surface area contributed by atoms with Crippen LogP contribution >= 0.6 is 0 Å². The Bertz CT molecular complexity index is 266. The minimum atomic E-state index is -0.0361. The molecule has 0 spiro atoms. The minimum absolute atomic E-state index is 0.0361. The summed E-state index contributed by atoms with van der Waals surface area (Å²) in [5.74, 6) is 2.00. The van der Waals surface area contributed by atoms with Crippen molar-refractivity contribution in [1.29, 1.82) is 0 Å². The predicted molar refractivity (Wildman–Crippen MR) is 84.9 cm³/mol. The number of nitrogens with zero attached hydrogens (tertiary/aromatic N) is 1. The molecule has 1 aliphatic carbocycles. The lowest BCUT2D eigenvalue weighted by atomic mass is 9.91. The Morgan fingerprint density at radius 2 is 1.90 bits per heavy atom. The average molecular weight is 282 g/mol. The summed E-state index contributed by atoms with van der Waals surface area (Å²) in [7, 11) is 0. The van der Waals surface area contributed by atoms with Crippen LogP contribution in [0.25, 0.3) is 0 Å². The Balaban J connectivity index is 1.70. The molecule has 1 heterocycles. The number of hydrogen-bond donors (Lipinski definition) is 2. The summed E-state index contributed by atoms with van der Waals surface area (Å²) < 4.78 is 0. The first-order chi connectivity index (χ1) is 9.73. The van der Waals surface area contributed by atoms with Gasteiger partial charge < -0.3 is 15.3 Å². The van der Waals surface area contributed by atoms with E-state index in [9.17, 15) is 5.11 Å². The summed E-state index contributed by atoms with van der Waals surface area (Å²) in [5, 5.41) is 13.3. The van der Waals surface area contributed by atoms with Crippen LogP contribution in [0, 0.1) is 11.8 Å². The molecule has 1 aliphatic heterocycles. The standard InChI is InChI=1S/C17H34N2O/c1-3-10-18-17(4-2,14-20)9-6-11-19-12-15-7-5-8-16(15)13-19/h15-16,18,20H,3-14H2,1-2H3. The second kappa shape index (κ2) is 7.77. The molecule has 2 aliphatic rings. The first kappa shape index (κ1) is 16.3. The van der Waals surface area contributed by atoms with Gasteiger partial charge in [-0.25, -0.2) is 0 Å². The Hall–Kier alpha value is -0.120. The molecule has 0 amide bonds. The maximum absolute atomic E-state index is 9.75. The summed E-state index contributed by atoms with van der Waals surface area (Å²) in [6.07, 6.45) is 8.87. The molecule has 2 rings (SSSR count). The van der Waals surface area contributed by atoms with E-state index < -0.39 is 0 Å². The number of aliphatic hydroxyl groups excluding tert-OH is 1. The van der Waals surface area contributed by atoms with Crippen LogP contribution in [0.5, 0.6) is 0 Å². The monoisotopic (exact) mass is 282 g/mol.